The van der Waals surface area contributed by atoms with E-state index in [0.717, 1.165) is 22.4 Å². The summed E-state index contributed by atoms with van der Waals surface area (Å²) in [7, 11) is 0. The van der Waals surface area contributed by atoms with E-state index in [9.17, 15) is 4.79 Å². The summed E-state index contributed by atoms with van der Waals surface area (Å²) in [6.07, 6.45) is 3.23. The predicted octanol–water partition coefficient (Wildman–Crippen LogP) is 1.59. The zero-order valence-electron chi connectivity index (χ0n) is 13.5. The molecule has 3 rings (SSSR count). The van der Waals surface area contributed by atoms with E-state index in [1.165, 1.54) is 11.0 Å². The SMILES string of the molecule is Cc1cc(C)c(CNC(=O)C(c2ccccc2)n2cnnn2)cn1. The van der Waals surface area contributed by atoms with Crippen LogP contribution in [0, 0.1) is 13.8 Å². The highest BCUT2D eigenvalue weighted by molar-refractivity contribution is 5.83. The predicted molar refractivity (Wildman–Crippen MR) is 88.0 cm³/mol. The van der Waals surface area contributed by atoms with Gasteiger partial charge in [-0.1, -0.05) is 30.3 Å². The third kappa shape index (κ3) is 3.45. The fraction of sp³-hybridized carbons (Fsp3) is 0.235. The highest BCUT2D eigenvalue weighted by Crippen LogP contribution is 2.17. The number of pyridine rings is 1. The van der Waals surface area contributed by atoms with Crippen LogP contribution in [-0.2, 0) is 11.3 Å². The molecule has 7 heteroatoms. The third-order valence-electron chi connectivity index (χ3n) is 3.80. The maximum atomic E-state index is 12.7. The lowest BCUT2D eigenvalue weighted by atomic mass is 10.1. The fourth-order valence-corrected chi connectivity index (χ4v) is 2.54. The largest absolute Gasteiger partial charge is 0.350 e. The van der Waals surface area contributed by atoms with Crippen LogP contribution in [0.15, 0.2) is 48.9 Å². The van der Waals surface area contributed by atoms with Crippen molar-refractivity contribution in [2.75, 3.05) is 0 Å². The van der Waals surface area contributed by atoms with Gasteiger partial charge in [0.2, 0.25) is 5.91 Å². The maximum Gasteiger partial charge on any atom is 0.249 e. The van der Waals surface area contributed by atoms with Gasteiger partial charge >= 0.3 is 0 Å². The minimum Gasteiger partial charge on any atom is -0.350 e. The van der Waals surface area contributed by atoms with Gasteiger partial charge in [-0.2, -0.15) is 0 Å². The lowest BCUT2D eigenvalue weighted by Gasteiger charge is -2.17. The van der Waals surface area contributed by atoms with Gasteiger partial charge in [0.1, 0.15) is 6.33 Å². The van der Waals surface area contributed by atoms with Crippen molar-refractivity contribution in [2.45, 2.75) is 26.4 Å². The molecule has 0 radical (unpaired) electrons. The summed E-state index contributed by atoms with van der Waals surface area (Å²) in [6, 6.07) is 10.8. The number of carbonyl (C=O) groups excluding carboxylic acids is 1. The van der Waals surface area contributed by atoms with Gasteiger partial charge in [0, 0.05) is 18.4 Å². The molecule has 0 fully saturated rings. The van der Waals surface area contributed by atoms with Gasteiger partial charge in [-0.25, -0.2) is 4.68 Å². The second-order valence-electron chi connectivity index (χ2n) is 5.57. The molecule has 0 aliphatic carbocycles. The number of hydrogen-bond acceptors (Lipinski definition) is 5. The van der Waals surface area contributed by atoms with Crippen LogP contribution in [0.2, 0.25) is 0 Å². The topological polar surface area (TPSA) is 85.6 Å². The van der Waals surface area contributed by atoms with Crippen molar-refractivity contribution >= 4 is 5.91 Å². The Morgan fingerprint density at radius 3 is 2.71 bits per heavy atom. The van der Waals surface area contributed by atoms with Crippen molar-refractivity contribution in [1.29, 1.82) is 0 Å². The van der Waals surface area contributed by atoms with Crippen LogP contribution in [-0.4, -0.2) is 31.1 Å². The van der Waals surface area contributed by atoms with Crippen LogP contribution < -0.4 is 5.32 Å². The van der Waals surface area contributed by atoms with E-state index in [1.807, 2.05) is 50.2 Å². The van der Waals surface area contributed by atoms with Crippen LogP contribution in [0.3, 0.4) is 0 Å². The van der Waals surface area contributed by atoms with Crippen molar-refractivity contribution < 1.29 is 4.79 Å². The van der Waals surface area contributed by atoms with Crippen molar-refractivity contribution in [3.8, 4) is 0 Å². The Balaban J connectivity index is 1.79. The minimum absolute atomic E-state index is 0.173. The van der Waals surface area contributed by atoms with E-state index < -0.39 is 6.04 Å². The number of nitrogens with zero attached hydrogens (tertiary/aromatic N) is 5. The third-order valence-corrected chi connectivity index (χ3v) is 3.80. The number of rotatable bonds is 5. The number of nitrogens with one attached hydrogen (secondary N) is 1. The average molecular weight is 322 g/mol. The summed E-state index contributed by atoms with van der Waals surface area (Å²) in [5, 5.41) is 14.1. The second-order valence-corrected chi connectivity index (χ2v) is 5.57. The highest BCUT2D eigenvalue weighted by Gasteiger charge is 2.23. The molecule has 1 N–H and O–H groups in total. The van der Waals surface area contributed by atoms with Gasteiger partial charge in [-0.15, -0.1) is 5.10 Å². The second kappa shape index (κ2) is 6.99. The molecule has 0 aliphatic heterocycles. The van der Waals surface area contributed by atoms with Crippen molar-refractivity contribution in [3.63, 3.8) is 0 Å². The first-order chi connectivity index (χ1) is 11.6. The van der Waals surface area contributed by atoms with Gasteiger partial charge in [0.05, 0.1) is 0 Å². The Bertz CT molecular complexity index is 816. The van der Waals surface area contributed by atoms with Crippen molar-refractivity contribution in [2.24, 2.45) is 0 Å². The minimum atomic E-state index is -0.611. The molecular formula is C17H18N6O. The van der Waals surface area contributed by atoms with Gasteiger partial charge in [-0.05, 0) is 47.0 Å². The summed E-state index contributed by atoms with van der Waals surface area (Å²) < 4.78 is 1.45. The molecule has 0 aliphatic rings. The number of tetrazole rings is 1. The van der Waals surface area contributed by atoms with E-state index in [4.69, 9.17) is 0 Å². The molecule has 1 atom stereocenters. The van der Waals surface area contributed by atoms with Gasteiger partial charge < -0.3 is 5.32 Å². The first-order valence-electron chi connectivity index (χ1n) is 7.62. The van der Waals surface area contributed by atoms with Gasteiger partial charge in [0.15, 0.2) is 6.04 Å². The van der Waals surface area contributed by atoms with Crippen LogP contribution in [0.1, 0.15) is 28.4 Å². The molecule has 7 nitrogen and oxygen atoms in total. The molecule has 24 heavy (non-hydrogen) atoms. The quantitative estimate of drug-likeness (QED) is 0.771. The average Bonchev–Trinajstić information content (AvgIpc) is 3.09. The number of aryl methyl sites for hydroxylation is 2. The smallest absolute Gasteiger partial charge is 0.249 e. The van der Waals surface area contributed by atoms with Gasteiger partial charge in [0.25, 0.3) is 0 Å². The molecule has 0 bridgehead atoms. The van der Waals surface area contributed by atoms with E-state index in [1.54, 1.807) is 6.20 Å². The van der Waals surface area contributed by atoms with E-state index in [0.29, 0.717) is 6.54 Å². The number of amides is 1. The Morgan fingerprint density at radius 1 is 1.25 bits per heavy atom. The Hall–Kier alpha value is -3.09. The Kier molecular flexibility index (Phi) is 4.60. The molecule has 0 saturated heterocycles. The van der Waals surface area contributed by atoms with E-state index >= 15 is 0 Å². The standard InChI is InChI=1S/C17H18N6O/c1-12-8-13(2)18-9-15(12)10-19-17(24)16(23-11-20-21-22-23)14-6-4-3-5-7-14/h3-9,11,16H,10H2,1-2H3,(H,19,24). The summed E-state index contributed by atoms with van der Waals surface area (Å²) in [5.74, 6) is -0.173. The maximum absolute atomic E-state index is 12.7. The lowest BCUT2D eigenvalue weighted by molar-refractivity contribution is -0.123. The first-order valence-corrected chi connectivity index (χ1v) is 7.62. The molecule has 0 saturated carbocycles. The summed E-state index contributed by atoms with van der Waals surface area (Å²) in [4.78, 5) is 17.0. The van der Waals surface area contributed by atoms with Crippen LogP contribution in [0.25, 0.3) is 0 Å². The molecule has 122 valence electrons. The van der Waals surface area contributed by atoms with Crippen LogP contribution >= 0.6 is 0 Å². The fourth-order valence-electron chi connectivity index (χ4n) is 2.54. The van der Waals surface area contributed by atoms with Crippen molar-refractivity contribution in [1.82, 2.24) is 30.5 Å². The first kappa shape index (κ1) is 15.8. The highest BCUT2D eigenvalue weighted by atomic mass is 16.2. The number of carbonyl (C=O) groups is 1. The van der Waals surface area contributed by atoms with Crippen LogP contribution in [0.5, 0.6) is 0 Å². The molecular weight excluding hydrogens is 304 g/mol. The van der Waals surface area contributed by atoms with Gasteiger partial charge in [-0.3, -0.25) is 9.78 Å². The normalized spacial score (nSPS) is 11.9. The Labute approximate surface area is 139 Å². The summed E-state index contributed by atoms with van der Waals surface area (Å²) in [6.45, 7) is 4.36. The summed E-state index contributed by atoms with van der Waals surface area (Å²) >= 11 is 0. The monoisotopic (exact) mass is 322 g/mol. The molecule has 1 unspecified atom stereocenters. The summed E-state index contributed by atoms with van der Waals surface area (Å²) in [5.41, 5.74) is 3.86. The zero-order valence-corrected chi connectivity index (χ0v) is 13.5. The molecule has 1 aromatic carbocycles. The number of hydrogen-bond donors (Lipinski definition) is 1. The molecule has 2 aromatic heterocycles. The number of aromatic nitrogens is 5. The number of benzene rings is 1. The molecule has 0 spiro atoms. The van der Waals surface area contributed by atoms with Crippen molar-refractivity contribution in [3.05, 3.63) is 71.3 Å². The lowest BCUT2D eigenvalue weighted by Crippen LogP contribution is -2.33. The molecule has 3 aromatic rings. The van der Waals surface area contributed by atoms with Crippen LogP contribution in [0.4, 0.5) is 0 Å². The zero-order chi connectivity index (χ0) is 16.9. The Morgan fingerprint density at radius 2 is 2.04 bits per heavy atom. The molecule has 2 heterocycles. The molecule has 1 amide bonds. The van der Waals surface area contributed by atoms with E-state index in [-0.39, 0.29) is 5.91 Å². The van der Waals surface area contributed by atoms with E-state index in [2.05, 4.69) is 25.8 Å².